The SMILES string of the molecule is O=C(O)CCCC#C/C=C/[C@H](O)[C@H](O)CC/C=C(Br)\C=C/Br. The van der Waals surface area contributed by atoms with Crippen LogP contribution < -0.4 is 0 Å². The standard InChI is InChI=1S/C16H20Br2O4/c17-12-11-13(18)7-6-9-15(20)14(19)8-4-2-1-3-5-10-16(21)22/h4,7-8,11-12,14-15,19-20H,3,5-6,9-10H2,(H,21,22)/b8-4+,12-11-,13-7+/t14-,15+/m0/s1. The summed E-state index contributed by atoms with van der Waals surface area (Å²) in [4.78, 5) is 12.0. The van der Waals surface area contributed by atoms with Crippen LogP contribution in [0.3, 0.4) is 0 Å². The summed E-state index contributed by atoms with van der Waals surface area (Å²) in [7, 11) is 0. The molecule has 0 saturated carbocycles. The van der Waals surface area contributed by atoms with E-state index >= 15 is 0 Å². The van der Waals surface area contributed by atoms with Crippen LogP contribution in [-0.4, -0.2) is 33.5 Å². The summed E-state index contributed by atoms with van der Waals surface area (Å²) >= 11 is 6.50. The molecule has 2 atom stereocenters. The van der Waals surface area contributed by atoms with Gasteiger partial charge < -0.3 is 15.3 Å². The Hall–Kier alpha value is -0.870. The van der Waals surface area contributed by atoms with E-state index in [-0.39, 0.29) is 6.42 Å². The van der Waals surface area contributed by atoms with E-state index in [4.69, 9.17) is 5.11 Å². The molecule has 0 heterocycles. The first-order valence-corrected chi connectivity index (χ1v) is 8.53. The molecule has 0 aliphatic heterocycles. The lowest BCUT2D eigenvalue weighted by atomic mass is 10.1. The van der Waals surface area contributed by atoms with Crippen LogP contribution in [0.15, 0.2) is 33.8 Å². The summed E-state index contributed by atoms with van der Waals surface area (Å²) in [6.45, 7) is 0. The van der Waals surface area contributed by atoms with Crippen LogP contribution in [0.5, 0.6) is 0 Å². The zero-order valence-corrected chi connectivity index (χ0v) is 15.3. The van der Waals surface area contributed by atoms with Crippen LogP contribution in [0.1, 0.15) is 32.1 Å². The second-order valence-corrected chi connectivity index (χ2v) is 5.89. The Bertz CT molecular complexity index is 472. The van der Waals surface area contributed by atoms with Crippen molar-refractivity contribution in [3.05, 3.63) is 33.8 Å². The van der Waals surface area contributed by atoms with Gasteiger partial charge in [-0.1, -0.05) is 49.8 Å². The number of hydrogen-bond acceptors (Lipinski definition) is 3. The van der Waals surface area contributed by atoms with Gasteiger partial charge >= 0.3 is 5.97 Å². The van der Waals surface area contributed by atoms with Gasteiger partial charge in [0.2, 0.25) is 0 Å². The zero-order valence-electron chi connectivity index (χ0n) is 12.1. The number of aliphatic carboxylic acids is 1. The quantitative estimate of drug-likeness (QED) is 0.294. The van der Waals surface area contributed by atoms with Gasteiger partial charge in [0, 0.05) is 17.3 Å². The van der Waals surface area contributed by atoms with Crippen molar-refractivity contribution in [2.75, 3.05) is 0 Å². The summed E-state index contributed by atoms with van der Waals surface area (Å²) < 4.78 is 0.897. The number of carboxylic acid groups (broad SMARTS) is 1. The number of hydrogen-bond donors (Lipinski definition) is 3. The molecule has 0 amide bonds. The molecule has 0 aliphatic carbocycles. The highest BCUT2D eigenvalue weighted by Gasteiger charge is 2.11. The zero-order chi connectivity index (χ0) is 16.8. The molecule has 4 nitrogen and oxygen atoms in total. The van der Waals surface area contributed by atoms with Crippen molar-refractivity contribution in [3.8, 4) is 11.8 Å². The van der Waals surface area contributed by atoms with Gasteiger partial charge in [-0.05, 0) is 42.5 Å². The molecule has 122 valence electrons. The summed E-state index contributed by atoms with van der Waals surface area (Å²) in [6, 6.07) is 0. The van der Waals surface area contributed by atoms with Crippen molar-refractivity contribution in [2.45, 2.75) is 44.3 Å². The second-order valence-electron chi connectivity index (χ2n) is 4.44. The molecule has 0 fully saturated rings. The number of carboxylic acids is 1. The Balaban J connectivity index is 4.01. The van der Waals surface area contributed by atoms with Crippen molar-refractivity contribution in [3.63, 3.8) is 0 Å². The third kappa shape index (κ3) is 12.8. The summed E-state index contributed by atoms with van der Waals surface area (Å²) in [5, 5.41) is 28.0. The minimum Gasteiger partial charge on any atom is -0.481 e. The van der Waals surface area contributed by atoms with Gasteiger partial charge in [0.05, 0.1) is 12.2 Å². The summed E-state index contributed by atoms with van der Waals surface area (Å²) in [5.41, 5.74) is 0. The van der Waals surface area contributed by atoms with E-state index in [1.807, 2.05) is 12.2 Å². The average molecular weight is 436 g/mol. The Morgan fingerprint density at radius 3 is 2.68 bits per heavy atom. The van der Waals surface area contributed by atoms with Gasteiger partial charge in [-0.15, -0.1) is 0 Å². The number of allylic oxidation sites excluding steroid dienone is 4. The van der Waals surface area contributed by atoms with Crippen LogP contribution in [0, 0.1) is 11.8 Å². The molecule has 0 aromatic carbocycles. The van der Waals surface area contributed by atoms with E-state index < -0.39 is 18.2 Å². The number of aliphatic hydroxyl groups excluding tert-OH is 2. The van der Waals surface area contributed by atoms with E-state index in [2.05, 4.69) is 43.7 Å². The lowest BCUT2D eigenvalue weighted by molar-refractivity contribution is -0.137. The molecule has 0 saturated heterocycles. The molecule has 3 N–H and O–H groups in total. The van der Waals surface area contributed by atoms with Crippen molar-refractivity contribution in [1.29, 1.82) is 0 Å². The van der Waals surface area contributed by atoms with Gasteiger partial charge in [0.1, 0.15) is 0 Å². The van der Waals surface area contributed by atoms with Crippen LogP contribution in [0.2, 0.25) is 0 Å². The van der Waals surface area contributed by atoms with Crippen molar-refractivity contribution in [2.24, 2.45) is 0 Å². The monoisotopic (exact) mass is 434 g/mol. The molecular formula is C16H20Br2O4. The molecule has 0 radical (unpaired) electrons. The molecule has 0 rings (SSSR count). The number of halogens is 2. The number of rotatable bonds is 9. The average Bonchev–Trinajstić information content (AvgIpc) is 2.45. The lowest BCUT2D eigenvalue weighted by Gasteiger charge is -2.12. The normalized spacial score (nSPS) is 14.8. The number of aliphatic hydroxyl groups is 2. The largest absolute Gasteiger partial charge is 0.481 e. The first-order chi connectivity index (χ1) is 10.5. The van der Waals surface area contributed by atoms with Crippen molar-refractivity contribution in [1.82, 2.24) is 0 Å². The first kappa shape index (κ1) is 21.1. The van der Waals surface area contributed by atoms with E-state index in [0.717, 1.165) is 4.48 Å². The van der Waals surface area contributed by atoms with Gasteiger partial charge in [0.25, 0.3) is 0 Å². The fourth-order valence-electron chi connectivity index (χ4n) is 1.43. The topological polar surface area (TPSA) is 77.8 Å². The van der Waals surface area contributed by atoms with Gasteiger partial charge in [-0.2, -0.15) is 0 Å². The highest BCUT2D eigenvalue weighted by atomic mass is 79.9. The summed E-state index contributed by atoms with van der Waals surface area (Å²) in [6.07, 6.45) is 6.99. The van der Waals surface area contributed by atoms with Crippen molar-refractivity contribution < 1.29 is 20.1 Å². The maximum atomic E-state index is 10.3. The Morgan fingerprint density at radius 2 is 2.05 bits per heavy atom. The highest BCUT2D eigenvalue weighted by Crippen LogP contribution is 2.12. The molecule has 0 aromatic rings. The fraction of sp³-hybridized carbons (Fsp3) is 0.438. The number of unbranched alkanes of at least 4 members (excludes halogenated alkanes) is 1. The van der Waals surface area contributed by atoms with Crippen LogP contribution in [0.4, 0.5) is 0 Å². The summed E-state index contributed by atoms with van der Waals surface area (Å²) in [5.74, 6) is 4.66. The van der Waals surface area contributed by atoms with E-state index in [1.54, 1.807) is 4.99 Å². The molecule has 0 aliphatic rings. The minimum absolute atomic E-state index is 0.104. The second kappa shape index (κ2) is 13.8. The van der Waals surface area contributed by atoms with E-state index in [9.17, 15) is 15.0 Å². The lowest BCUT2D eigenvalue weighted by Crippen LogP contribution is -2.23. The third-order valence-corrected chi connectivity index (χ3v) is 3.44. The minimum atomic E-state index is -0.966. The molecule has 0 bridgehead atoms. The molecule has 0 unspecified atom stereocenters. The Labute approximate surface area is 147 Å². The van der Waals surface area contributed by atoms with E-state index in [0.29, 0.717) is 25.7 Å². The molecule has 0 aromatic heterocycles. The van der Waals surface area contributed by atoms with Gasteiger partial charge in [-0.25, -0.2) is 0 Å². The first-order valence-electron chi connectivity index (χ1n) is 6.82. The predicted octanol–water partition coefficient (Wildman–Crippen LogP) is 3.49. The third-order valence-electron chi connectivity index (χ3n) is 2.59. The van der Waals surface area contributed by atoms with Crippen LogP contribution in [-0.2, 0) is 4.79 Å². The molecule has 22 heavy (non-hydrogen) atoms. The molecule has 6 heteroatoms. The smallest absolute Gasteiger partial charge is 0.303 e. The predicted molar refractivity (Wildman–Crippen MR) is 94.7 cm³/mol. The van der Waals surface area contributed by atoms with Crippen LogP contribution >= 0.6 is 31.9 Å². The Kier molecular flexibility index (Phi) is 13.2. The number of carbonyl (C=O) groups is 1. The van der Waals surface area contributed by atoms with Gasteiger partial charge in [0.15, 0.2) is 0 Å². The molecule has 0 spiro atoms. The maximum Gasteiger partial charge on any atom is 0.303 e. The highest BCUT2D eigenvalue weighted by molar-refractivity contribution is 9.12. The molecular weight excluding hydrogens is 416 g/mol. The van der Waals surface area contributed by atoms with Gasteiger partial charge in [-0.3, -0.25) is 4.79 Å². The Morgan fingerprint density at radius 1 is 1.32 bits per heavy atom. The van der Waals surface area contributed by atoms with Crippen LogP contribution in [0.25, 0.3) is 0 Å². The fourth-order valence-corrected chi connectivity index (χ4v) is 2.43. The maximum absolute atomic E-state index is 10.3. The van der Waals surface area contributed by atoms with Crippen molar-refractivity contribution >= 4 is 37.8 Å². The van der Waals surface area contributed by atoms with E-state index in [1.165, 1.54) is 12.2 Å².